The highest BCUT2D eigenvalue weighted by molar-refractivity contribution is 5.76. The number of rotatable bonds is 5. The minimum Gasteiger partial charge on any atom is -0.480 e. The molecule has 0 aliphatic rings. The third kappa shape index (κ3) is 3.18. The molecule has 0 amide bonds. The Morgan fingerprint density at radius 1 is 1.50 bits per heavy atom. The number of hydrogen-bond acceptors (Lipinski definition) is 4. The standard InChI is InChI=1S/C11H17N3O2/c1-4-8-6-10(13-7(3)12-8)14-9(5-2)11(15)16/h6,9H,4-5H2,1-3H3,(H,15,16)(H,12,13,14). The first kappa shape index (κ1) is 12.4. The second kappa shape index (κ2) is 5.44. The van der Waals surface area contributed by atoms with E-state index in [-0.39, 0.29) is 0 Å². The fourth-order valence-electron chi connectivity index (χ4n) is 1.40. The van der Waals surface area contributed by atoms with E-state index >= 15 is 0 Å². The maximum atomic E-state index is 10.9. The lowest BCUT2D eigenvalue weighted by atomic mass is 10.2. The van der Waals surface area contributed by atoms with Gasteiger partial charge in [-0.15, -0.1) is 0 Å². The molecule has 0 aliphatic carbocycles. The van der Waals surface area contributed by atoms with E-state index < -0.39 is 12.0 Å². The zero-order valence-electron chi connectivity index (χ0n) is 9.82. The molecule has 1 heterocycles. The van der Waals surface area contributed by atoms with Gasteiger partial charge in [0.1, 0.15) is 17.7 Å². The summed E-state index contributed by atoms with van der Waals surface area (Å²) in [6.07, 6.45) is 1.32. The van der Waals surface area contributed by atoms with E-state index in [0.717, 1.165) is 12.1 Å². The third-order valence-electron chi connectivity index (χ3n) is 2.28. The highest BCUT2D eigenvalue weighted by Gasteiger charge is 2.15. The Balaban J connectivity index is 2.87. The van der Waals surface area contributed by atoms with Crippen molar-refractivity contribution in [3.63, 3.8) is 0 Å². The summed E-state index contributed by atoms with van der Waals surface area (Å²) >= 11 is 0. The molecule has 0 bridgehead atoms. The number of carbonyl (C=O) groups is 1. The fourth-order valence-corrected chi connectivity index (χ4v) is 1.40. The van der Waals surface area contributed by atoms with Crippen LogP contribution < -0.4 is 5.32 Å². The number of nitrogens with one attached hydrogen (secondary N) is 1. The van der Waals surface area contributed by atoms with Crippen LogP contribution in [-0.2, 0) is 11.2 Å². The Morgan fingerprint density at radius 2 is 2.19 bits per heavy atom. The number of aryl methyl sites for hydroxylation is 2. The quantitative estimate of drug-likeness (QED) is 0.793. The predicted molar refractivity (Wildman–Crippen MR) is 61.5 cm³/mol. The fraction of sp³-hybridized carbons (Fsp3) is 0.545. The van der Waals surface area contributed by atoms with Crippen LogP contribution in [0.15, 0.2) is 6.07 Å². The van der Waals surface area contributed by atoms with Gasteiger partial charge in [0.05, 0.1) is 0 Å². The largest absolute Gasteiger partial charge is 0.480 e. The molecule has 5 nitrogen and oxygen atoms in total. The van der Waals surface area contributed by atoms with E-state index in [0.29, 0.717) is 18.1 Å². The summed E-state index contributed by atoms with van der Waals surface area (Å²) in [4.78, 5) is 19.3. The van der Waals surface area contributed by atoms with E-state index in [1.807, 2.05) is 13.8 Å². The molecule has 0 saturated carbocycles. The summed E-state index contributed by atoms with van der Waals surface area (Å²) in [5, 5.41) is 11.8. The lowest BCUT2D eigenvalue weighted by Crippen LogP contribution is -2.28. The summed E-state index contributed by atoms with van der Waals surface area (Å²) in [6, 6.07) is 1.19. The number of anilines is 1. The lowest BCUT2D eigenvalue weighted by Gasteiger charge is -2.13. The molecule has 0 radical (unpaired) electrons. The van der Waals surface area contributed by atoms with Gasteiger partial charge in [0.25, 0.3) is 0 Å². The smallest absolute Gasteiger partial charge is 0.326 e. The maximum Gasteiger partial charge on any atom is 0.326 e. The Bertz CT molecular complexity index is 379. The summed E-state index contributed by atoms with van der Waals surface area (Å²) in [6.45, 7) is 5.62. The summed E-state index contributed by atoms with van der Waals surface area (Å²) < 4.78 is 0. The Kier molecular flexibility index (Phi) is 4.22. The van der Waals surface area contributed by atoms with E-state index in [1.54, 1.807) is 13.0 Å². The molecule has 0 aliphatic heterocycles. The van der Waals surface area contributed by atoms with Gasteiger partial charge in [0, 0.05) is 11.8 Å². The van der Waals surface area contributed by atoms with Crippen molar-refractivity contribution >= 4 is 11.8 Å². The first-order valence-electron chi connectivity index (χ1n) is 5.40. The Hall–Kier alpha value is -1.65. The summed E-state index contributed by atoms with van der Waals surface area (Å²) in [5.74, 6) is 0.373. The van der Waals surface area contributed by atoms with Crippen molar-refractivity contribution in [3.05, 3.63) is 17.6 Å². The molecule has 1 rings (SSSR count). The van der Waals surface area contributed by atoms with Crippen LogP contribution >= 0.6 is 0 Å². The first-order chi connectivity index (χ1) is 7.56. The van der Waals surface area contributed by atoms with Gasteiger partial charge in [0.2, 0.25) is 0 Å². The SMILES string of the molecule is CCc1cc(NC(CC)C(=O)O)nc(C)n1. The molecule has 16 heavy (non-hydrogen) atoms. The van der Waals surface area contributed by atoms with Gasteiger partial charge in [-0.05, 0) is 19.8 Å². The maximum absolute atomic E-state index is 10.9. The van der Waals surface area contributed by atoms with Crippen molar-refractivity contribution in [2.24, 2.45) is 0 Å². The van der Waals surface area contributed by atoms with Crippen molar-refractivity contribution in [2.75, 3.05) is 5.32 Å². The number of nitrogens with zero attached hydrogens (tertiary/aromatic N) is 2. The molecular weight excluding hydrogens is 206 g/mol. The van der Waals surface area contributed by atoms with Gasteiger partial charge in [-0.3, -0.25) is 0 Å². The molecule has 1 aromatic rings. The highest BCUT2D eigenvalue weighted by atomic mass is 16.4. The second-order valence-electron chi connectivity index (χ2n) is 3.59. The zero-order chi connectivity index (χ0) is 12.1. The first-order valence-corrected chi connectivity index (χ1v) is 5.40. The van der Waals surface area contributed by atoms with Crippen LogP contribution in [0.4, 0.5) is 5.82 Å². The molecule has 0 spiro atoms. The molecule has 1 aromatic heterocycles. The number of hydrogen-bond donors (Lipinski definition) is 2. The molecule has 2 N–H and O–H groups in total. The van der Waals surface area contributed by atoms with Gasteiger partial charge < -0.3 is 10.4 Å². The van der Waals surface area contributed by atoms with Crippen LogP contribution in [0.25, 0.3) is 0 Å². The van der Waals surface area contributed by atoms with Crippen LogP contribution in [-0.4, -0.2) is 27.1 Å². The topological polar surface area (TPSA) is 75.1 Å². The van der Waals surface area contributed by atoms with Crippen LogP contribution in [0, 0.1) is 6.92 Å². The molecule has 1 unspecified atom stereocenters. The van der Waals surface area contributed by atoms with Gasteiger partial charge in [-0.25, -0.2) is 14.8 Å². The van der Waals surface area contributed by atoms with Crippen molar-refractivity contribution in [1.82, 2.24) is 9.97 Å². The molecule has 1 atom stereocenters. The molecule has 0 saturated heterocycles. The van der Waals surface area contributed by atoms with E-state index in [4.69, 9.17) is 5.11 Å². The lowest BCUT2D eigenvalue weighted by molar-refractivity contribution is -0.137. The molecule has 5 heteroatoms. The summed E-state index contributed by atoms with van der Waals surface area (Å²) in [7, 11) is 0. The van der Waals surface area contributed by atoms with Crippen LogP contribution in [0.5, 0.6) is 0 Å². The van der Waals surface area contributed by atoms with Crippen molar-refractivity contribution in [2.45, 2.75) is 39.7 Å². The minimum atomic E-state index is -0.864. The van der Waals surface area contributed by atoms with Gasteiger partial charge in [-0.1, -0.05) is 13.8 Å². The van der Waals surface area contributed by atoms with E-state index in [2.05, 4.69) is 15.3 Å². The number of aromatic nitrogens is 2. The molecular formula is C11H17N3O2. The van der Waals surface area contributed by atoms with Crippen LogP contribution in [0.1, 0.15) is 31.8 Å². The normalized spacial score (nSPS) is 12.2. The summed E-state index contributed by atoms with van der Waals surface area (Å²) in [5.41, 5.74) is 0.912. The van der Waals surface area contributed by atoms with Gasteiger partial charge >= 0.3 is 5.97 Å². The average Bonchev–Trinajstić information content (AvgIpc) is 2.24. The van der Waals surface area contributed by atoms with Crippen molar-refractivity contribution in [1.29, 1.82) is 0 Å². The zero-order valence-corrected chi connectivity index (χ0v) is 9.82. The van der Waals surface area contributed by atoms with E-state index in [1.165, 1.54) is 0 Å². The van der Waals surface area contributed by atoms with Crippen LogP contribution in [0.2, 0.25) is 0 Å². The number of carboxylic acid groups (broad SMARTS) is 1. The van der Waals surface area contributed by atoms with E-state index in [9.17, 15) is 4.79 Å². The molecule has 88 valence electrons. The second-order valence-corrected chi connectivity index (χ2v) is 3.59. The number of carboxylic acids is 1. The molecule has 0 aromatic carbocycles. The van der Waals surface area contributed by atoms with Gasteiger partial charge in [-0.2, -0.15) is 0 Å². The van der Waals surface area contributed by atoms with Crippen LogP contribution in [0.3, 0.4) is 0 Å². The van der Waals surface area contributed by atoms with Crippen molar-refractivity contribution < 1.29 is 9.90 Å². The minimum absolute atomic E-state index is 0.514. The molecule has 0 fully saturated rings. The third-order valence-corrected chi connectivity index (χ3v) is 2.28. The monoisotopic (exact) mass is 223 g/mol. The predicted octanol–water partition coefficient (Wildman–Crippen LogP) is 1.62. The Labute approximate surface area is 94.9 Å². The van der Waals surface area contributed by atoms with Crippen molar-refractivity contribution in [3.8, 4) is 0 Å². The average molecular weight is 223 g/mol. The Morgan fingerprint density at radius 3 is 2.69 bits per heavy atom. The number of aliphatic carboxylic acids is 1. The highest BCUT2D eigenvalue weighted by Crippen LogP contribution is 2.10. The van der Waals surface area contributed by atoms with Gasteiger partial charge in [0.15, 0.2) is 0 Å².